The molecule has 1 aliphatic rings. The van der Waals surface area contributed by atoms with E-state index in [1.54, 1.807) is 7.05 Å². The number of aliphatic imine (C=N–C) groups is 1. The number of halogens is 6. The van der Waals surface area contributed by atoms with Crippen molar-refractivity contribution in [3.8, 4) is 0 Å². The summed E-state index contributed by atoms with van der Waals surface area (Å²) >= 11 is 0. The van der Waals surface area contributed by atoms with E-state index in [4.69, 9.17) is 9.90 Å². The van der Waals surface area contributed by atoms with Crippen LogP contribution in [0.2, 0.25) is 0 Å². The van der Waals surface area contributed by atoms with Crippen LogP contribution in [0.5, 0.6) is 0 Å². The van der Waals surface area contributed by atoms with Gasteiger partial charge in [0.2, 0.25) is 15.9 Å². The lowest BCUT2D eigenvalue weighted by Crippen LogP contribution is -2.34. The zero-order valence-corrected chi connectivity index (χ0v) is 22.8. The molecule has 0 radical (unpaired) electrons. The van der Waals surface area contributed by atoms with Crippen LogP contribution in [0.3, 0.4) is 0 Å². The number of hydrogen-bond donors (Lipinski definition) is 2. The number of benzene rings is 2. The second-order valence-corrected chi connectivity index (χ2v) is 10.9. The van der Waals surface area contributed by atoms with Crippen molar-refractivity contribution in [2.24, 2.45) is 4.99 Å². The van der Waals surface area contributed by atoms with Gasteiger partial charge in [-0.3, -0.25) is 9.79 Å². The molecule has 0 aliphatic carbocycles. The van der Waals surface area contributed by atoms with Crippen molar-refractivity contribution < 1.29 is 49.5 Å². The third-order valence-electron chi connectivity index (χ3n) is 5.84. The summed E-state index contributed by atoms with van der Waals surface area (Å²) in [6.07, 6.45) is -9.03. The Morgan fingerprint density at radius 2 is 1.51 bits per heavy atom. The Balaban J connectivity index is 0.000000745. The molecule has 41 heavy (non-hydrogen) atoms. The van der Waals surface area contributed by atoms with Crippen LogP contribution < -0.4 is 5.32 Å². The molecule has 0 aromatic heterocycles. The first kappa shape index (κ1) is 33.5. The number of rotatable bonds is 9. The Morgan fingerprint density at radius 1 is 0.951 bits per heavy atom. The van der Waals surface area contributed by atoms with Crippen molar-refractivity contribution in [2.45, 2.75) is 30.1 Å². The van der Waals surface area contributed by atoms with Gasteiger partial charge in [-0.15, -0.1) is 0 Å². The largest absolute Gasteiger partial charge is 0.490 e. The van der Waals surface area contributed by atoms with Gasteiger partial charge in [0.05, 0.1) is 17.0 Å². The molecule has 9 nitrogen and oxygen atoms in total. The molecule has 16 heteroatoms. The van der Waals surface area contributed by atoms with E-state index in [0.29, 0.717) is 13.0 Å². The minimum atomic E-state index is -5.08. The van der Waals surface area contributed by atoms with E-state index in [1.165, 1.54) is 11.9 Å². The maximum Gasteiger partial charge on any atom is 0.490 e. The van der Waals surface area contributed by atoms with Gasteiger partial charge in [-0.1, -0.05) is 24.3 Å². The van der Waals surface area contributed by atoms with Crippen molar-refractivity contribution >= 4 is 27.7 Å². The van der Waals surface area contributed by atoms with Crippen LogP contribution in [0, 0.1) is 0 Å². The van der Waals surface area contributed by atoms with Crippen LogP contribution in [0.4, 0.5) is 26.3 Å². The lowest BCUT2D eigenvalue weighted by Gasteiger charge is -2.21. The third kappa shape index (κ3) is 10.0. The van der Waals surface area contributed by atoms with E-state index in [1.807, 2.05) is 24.3 Å². The van der Waals surface area contributed by atoms with E-state index in [2.05, 4.69) is 10.3 Å². The van der Waals surface area contributed by atoms with Crippen molar-refractivity contribution in [2.75, 3.05) is 40.3 Å². The smallest absolute Gasteiger partial charge is 0.475 e. The van der Waals surface area contributed by atoms with Gasteiger partial charge in [0.25, 0.3) is 0 Å². The number of nitrogens with zero attached hydrogens (tertiary/aromatic N) is 3. The number of sulfonamides is 1. The van der Waals surface area contributed by atoms with Gasteiger partial charge in [0.15, 0.2) is 0 Å². The molecule has 0 spiro atoms. The highest BCUT2D eigenvalue weighted by molar-refractivity contribution is 7.89. The lowest BCUT2D eigenvalue weighted by atomic mass is 10.1. The average molecular weight is 611 g/mol. The standard InChI is InChI=1S/C23H27F3N4O3S.C2HF3O2/c1-29(15-11-17-3-5-18(6-4-17)22-27-13-14-28-22)21(31)12-16-30(2)34(32,33)20-9-7-19(8-10-20)23(24,25)26;3-2(4,5)1(6)7/h3-10H,11-16H2,1-2H3,(H,27,28);(H,6,7). The normalized spacial score (nSPS) is 13.6. The topological polar surface area (TPSA) is 119 Å². The molecular formula is C25H28F6N4O5S. The minimum absolute atomic E-state index is 0.0443. The first-order chi connectivity index (χ1) is 18.9. The van der Waals surface area contributed by atoms with Crippen molar-refractivity contribution in [1.29, 1.82) is 0 Å². The van der Waals surface area contributed by atoms with Gasteiger partial charge in [-0.2, -0.15) is 26.3 Å². The summed E-state index contributed by atoms with van der Waals surface area (Å²) < 4.78 is 96.1. The lowest BCUT2D eigenvalue weighted by molar-refractivity contribution is -0.192. The van der Waals surface area contributed by atoms with Gasteiger partial charge in [-0.05, 0) is 36.2 Å². The SMILES string of the molecule is CN(CCc1ccc(C2=NCCN2)cc1)C(=O)CCN(C)S(=O)(=O)c1ccc(C(F)(F)F)cc1.O=C(O)C(F)(F)F. The molecule has 1 aliphatic heterocycles. The summed E-state index contributed by atoms with van der Waals surface area (Å²) in [5, 5.41) is 10.3. The van der Waals surface area contributed by atoms with Crippen LogP contribution >= 0.6 is 0 Å². The van der Waals surface area contributed by atoms with Gasteiger partial charge in [0.1, 0.15) is 5.84 Å². The summed E-state index contributed by atoms with van der Waals surface area (Å²) in [6, 6.07) is 11.2. The molecule has 2 aromatic rings. The zero-order valence-electron chi connectivity index (χ0n) is 22.0. The number of carboxylic acid groups (broad SMARTS) is 1. The number of carbonyl (C=O) groups is 2. The quantitative estimate of drug-likeness (QED) is 0.421. The number of alkyl halides is 6. The highest BCUT2D eigenvalue weighted by atomic mass is 32.2. The van der Waals surface area contributed by atoms with E-state index < -0.39 is 33.9 Å². The summed E-state index contributed by atoms with van der Waals surface area (Å²) in [6.45, 7) is 1.98. The fraction of sp³-hybridized carbons (Fsp3) is 0.400. The second kappa shape index (κ2) is 13.8. The summed E-state index contributed by atoms with van der Waals surface area (Å²) in [4.78, 5) is 27.0. The number of amidine groups is 1. The first-order valence-corrected chi connectivity index (χ1v) is 13.4. The Hall–Kier alpha value is -3.66. The number of carbonyl (C=O) groups excluding carboxylic acids is 1. The van der Waals surface area contributed by atoms with Crippen molar-refractivity contribution in [3.63, 3.8) is 0 Å². The number of amides is 1. The molecule has 1 heterocycles. The number of hydrogen-bond acceptors (Lipinski definition) is 6. The first-order valence-electron chi connectivity index (χ1n) is 12.0. The summed E-state index contributed by atoms with van der Waals surface area (Å²) in [7, 11) is -1.06. The van der Waals surface area contributed by atoms with Crippen LogP contribution in [0.15, 0.2) is 58.4 Å². The van der Waals surface area contributed by atoms with Gasteiger partial charge in [0, 0.05) is 45.7 Å². The Morgan fingerprint density at radius 3 is 1.98 bits per heavy atom. The molecule has 0 unspecified atom stereocenters. The summed E-state index contributed by atoms with van der Waals surface area (Å²) in [5.41, 5.74) is 1.15. The van der Waals surface area contributed by atoms with Crippen molar-refractivity contribution in [3.05, 3.63) is 65.2 Å². The molecule has 0 saturated heterocycles. The number of carboxylic acids is 1. The molecule has 226 valence electrons. The fourth-order valence-corrected chi connectivity index (χ4v) is 4.57. The molecule has 2 aromatic carbocycles. The number of nitrogens with one attached hydrogen (secondary N) is 1. The monoisotopic (exact) mass is 610 g/mol. The Bertz CT molecular complexity index is 1330. The van der Waals surface area contributed by atoms with E-state index in [9.17, 15) is 39.6 Å². The molecule has 2 N–H and O–H groups in total. The molecule has 0 fully saturated rings. The molecule has 1 amide bonds. The predicted molar refractivity (Wildman–Crippen MR) is 137 cm³/mol. The van der Waals surface area contributed by atoms with Gasteiger partial charge in [-0.25, -0.2) is 17.5 Å². The second-order valence-electron chi connectivity index (χ2n) is 8.82. The van der Waals surface area contributed by atoms with Crippen LogP contribution in [0.1, 0.15) is 23.1 Å². The predicted octanol–water partition coefficient (Wildman–Crippen LogP) is 3.40. The Labute approximate surface area is 232 Å². The van der Waals surface area contributed by atoms with Gasteiger partial charge < -0.3 is 15.3 Å². The maximum absolute atomic E-state index is 12.7. The van der Waals surface area contributed by atoms with Gasteiger partial charge >= 0.3 is 18.3 Å². The highest BCUT2D eigenvalue weighted by Crippen LogP contribution is 2.30. The van der Waals surface area contributed by atoms with E-state index in [0.717, 1.165) is 58.6 Å². The molecule has 0 atom stereocenters. The molecule has 3 rings (SSSR count). The van der Waals surface area contributed by atoms with Crippen LogP contribution in [-0.2, 0) is 32.2 Å². The zero-order chi connectivity index (χ0) is 31.0. The average Bonchev–Trinajstić information content (AvgIpc) is 3.45. The van der Waals surface area contributed by atoms with E-state index >= 15 is 0 Å². The third-order valence-corrected chi connectivity index (χ3v) is 7.71. The van der Waals surface area contributed by atoms with Crippen LogP contribution in [-0.4, -0.2) is 86.9 Å². The van der Waals surface area contributed by atoms with Crippen LogP contribution in [0.25, 0.3) is 0 Å². The number of likely N-dealkylation sites (N-methyl/N-ethyl adjacent to an activating group) is 1. The van der Waals surface area contributed by atoms with Crippen molar-refractivity contribution in [1.82, 2.24) is 14.5 Å². The molecular weight excluding hydrogens is 582 g/mol. The maximum atomic E-state index is 12.7. The number of aliphatic carboxylic acids is 1. The molecule has 0 bridgehead atoms. The van der Waals surface area contributed by atoms with E-state index in [-0.39, 0.29) is 23.8 Å². The molecule has 0 saturated carbocycles. The summed E-state index contributed by atoms with van der Waals surface area (Å²) in [5.74, 6) is -2.10. The Kier molecular flexibility index (Phi) is 11.3. The minimum Gasteiger partial charge on any atom is -0.475 e. The fourth-order valence-electron chi connectivity index (χ4n) is 3.40. The highest BCUT2D eigenvalue weighted by Gasteiger charge is 2.38.